The monoisotopic (exact) mass is 519 g/mol. The molecule has 0 amide bonds. The molecular weight excluding hydrogens is 482 g/mol. The Balaban J connectivity index is 1.51. The molecular formula is C29H37N5O4. The number of ether oxygens (including phenoxy) is 1. The van der Waals surface area contributed by atoms with Crippen LogP contribution in [0.5, 0.6) is 0 Å². The van der Waals surface area contributed by atoms with E-state index in [0.29, 0.717) is 32.0 Å². The molecule has 4 rings (SSSR count). The zero-order valence-electron chi connectivity index (χ0n) is 22.3. The first-order valence-electron chi connectivity index (χ1n) is 13.3. The van der Waals surface area contributed by atoms with Gasteiger partial charge in [0.15, 0.2) is 5.82 Å². The molecule has 0 aliphatic carbocycles. The van der Waals surface area contributed by atoms with E-state index < -0.39 is 6.10 Å². The fourth-order valence-electron chi connectivity index (χ4n) is 4.66. The number of non-ortho nitro benzene ring substituents is 1. The first-order chi connectivity index (χ1) is 18.4. The molecule has 202 valence electrons. The average Bonchev–Trinajstić information content (AvgIpc) is 2.93. The van der Waals surface area contributed by atoms with Crippen molar-refractivity contribution in [3.05, 3.63) is 81.5 Å². The summed E-state index contributed by atoms with van der Waals surface area (Å²) in [6, 6.07) is 16.6. The molecule has 1 N–H and O–H groups in total. The summed E-state index contributed by atoms with van der Waals surface area (Å²) in [5, 5.41) is 21.5. The Morgan fingerprint density at radius 1 is 1.05 bits per heavy atom. The second-order valence-electron chi connectivity index (χ2n) is 9.77. The standard InChI is InChI=1S/C29H37N5O4/c1-3-4-18-38-21-26(35)20-32-14-16-33(17-15-32)29-27(19-23-10-12-25(13-11-23)34(36)37)22(2)30-28(31-29)24-8-6-5-7-9-24/h5-13,26,35H,3-4,14-21H2,1-2H3/t26-/m0/s1. The number of hydrogen-bond donors (Lipinski definition) is 1. The minimum atomic E-state index is -0.498. The van der Waals surface area contributed by atoms with Crippen molar-refractivity contribution in [2.75, 3.05) is 50.8 Å². The highest BCUT2D eigenvalue weighted by atomic mass is 16.6. The zero-order chi connectivity index (χ0) is 26.9. The number of aliphatic hydroxyl groups is 1. The van der Waals surface area contributed by atoms with Crippen molar-refractivity contribution in [2.24, 2.45) is 0 Å². The van der Waals surface area contributed by atoms with E-state index in [-0.39, 0.29) is 10.6 Å². The van der Waals surface area contributed by atoms with Gasteiger partial charge in [-0.1, -0.05) is 55.8 Å². The molecule has 2 heterocycles. The highest BCUT2D eigenvalue weighted by Gasteiger charge is 2.24. The number of aromatic nitrogens is 2. The number of rotatable bonds is 12. The average molecular weight is 520 g/mol. The molecule has 0 radical (unpaired) electrons. The van der Waals surface area contributed by atoms with E-state index in [1.54, 1.807) is 24.3 Å². The predicted molar refractivity (Wildman–Crippen MR) is 148 cm³/mol. The maximum Gasteiger partial charge on any atom is 0.269 e. The van der Waals surface area contributed by atoms with E-state index in [0.717, 1.165) is 67.2 Å². The topological polar surface area (TPSA) is 105 Å². The molecule has 0 bridgehead atoms. The van der Waals surface area contributed by atoms with Gasteiger partial charge in [-0.3, -0.25) is 15.0 Å². The summed E-state index contributed by atoms with van der Waals surface area (Å²) in [6.45, 7) is 8.96. The number of nitro benzene ring substituents is 1. The molecule has 0 spiro atoms. The van der Waals surface area contributed by atoms with Crippen molar-refractivity contribution < 1.29 is 14.8 Å². The Hall–Kier alpha value is -3.40. The number of hydrogen-bond acceptors (Lipinski definition) is 8. The third kappa shape index (κ3) is 7.34. The fraction of sp³-hybridized carbons (Fsp3) is 0.448. The first-order valence-corrected chi connectivity index (χ1v) is 13.3. The van der Waals surface area contributed by atoms with Crippen LogP contribution in [0, 0.1) is 17.0 Å². The summed E-state index contributed by atoms with van der Waals surface area (Å²) in [7, 11) is 0. The van der Waals surface area contributed by atoms with Gasteiger partial charge in [0, 0.05) is 74.7 Å². The lowest BCUT2D eigenvalue weighted by Crippen LogP contribution is -2.49. The van der Waals surface area contributed by atoms with Gasteiger partial charge >= 0.3 is 0 Å². The summed E-state index contributed by atoms with van der Waals surface area (Å²) in [6.07, 6.45) is 2.18. The Morgan fingerprint density at radius 2 is 1.76 bits per heavy atom. The predicted octanol–water partition coefficient (Wildman–Crippen LogP) is 4.25. The van der Waals surface area contributed by atoms with Crippen LogP contribution in [0.2, 0.25) is 0 Å². The van der Waals surface area contributed by atoms with E-state index in [1.807, 2.05) is 37.3 Å². The van der Waals surface area contributed by atoms with Crippen LogP contribution in [-0.2, 0) is 11.2 Å². The van der Waals surface area contributed by atoms with E-state index in [9.17, 15) is 15.2 Å². The second-order valence-corrected chi connectivity index (χ2v) is 9.77. The van der Waals surface area contributed by atoms with E-state index in [4.69, 9.17) is 14.7 Å². The molecule has 1 aliphatic rings. The first kappa shape index (κ1) is 27.6. The summed E-state index contributed by atoms with van der Waals surface area (Å²) in [4.78, 5) is 25.1. The minimum Gasteiger partial charge on any atom is -0.389 e. The van der Waals surface area contributed by atoms with Gasteiger partial charge in [-0.05, 0) is 18.9 Å². The molecule has 1 aliphatic heterocycles. The van der Waals surface area contributed by atoms with E-state index in [1.165, 1.54) is 0 Å². The number of nitro groups is 1. The summed E-state index contributed by atoms with van der Waals surface area (Å²) in [5.74, 6) is 1.59. The number of aliphatic hydroxyl groups excluding tert-OH is 1. The van der Waals surface area contributed by atoms with Crippen LogP contribution in [0.3, 0.4) is 0 Å². The number of nitrogens with zero attached hydrogens (tertiary/aromatic N) is 5. The van der Waals surface area contributed by atoms with Crippen LogP contribution in [-0.4, -0.2) is 76.9 Å². The molecule has 9 nitrogen and oxygen atoms in total. The van der Waals surface area contributed by atoms with Gasteiger partial charge in [0.25, 0.3) is 5.69 Å². The SMILES string of the molecule is CCCCOC[C@@H](O)CN1CCN(c2nc(-c3ccccc3)nc(C)c2Cc2ccc([N+](=O)[O-])cc2)CC1. The van der Waals surface area contributed by atoms with Crippen LogP contribution < -0.4 is 4.90 Å². The number of unbranched alkanes of at least 4 members (excludes halogenated alkanes) is 1. The molecule has 2 aromatic carbocycles. The summed E-state index contributed by atoms with van der Waals surface area (Å²) < 4.78 is 5.59. The normalized spacial score (nSPS) is 15.0. The molecule has 1 aromatic heterocycles. The van der Waals surface area contributed by atoms with Gasteiger partial charge in [-0.2, -0.15) is 0 Å². The Kier molecular flexibility index (Phi) is 9.75. The van der Waals surface area contributed by atoms with Gasteiger partial charge in [0.1, 0.15) is 5.82 Å². The van der Waals surface area contributed by atoms with Crippen LogP contribution in [0.1, 0.15) is 36.6 Å². The number of β-amino-alcohol motifs (C(OH)–C–C–N with tert-alkyl or cyclic N) is 1. The van der Waals surface area contributed by atoms with Crippen molar-refractivity contribution in [3.8, 4) is 11.4 Å². The van der Waals surface area contributed by atoms with Crippen LogP contribution in [0.25, 0.3) is 11.4 Å². The third-order valence-corrected chi connectivity index (χ3v) is 6.85. The molecule has 1 fully saturated rings. The van der Waals surface area contributed by atoms with Crippen LogP contribution in [0.4, 0.5) is 11.5 Å². The van der Waals surface area contributed by atoms with Crippen molar-refractivity contribution in [1.29, 1.82) is 0 Å². The smallest absolute Gasteiger partial charge is 0.269 e. The minimum absolute atomic E-state index is 0.0791. The van der Waals surface area contributed by atoms with Crippen molar-refractivity contribution in [1.82, 2.24) is 14.9 Å². The van der Waals surface area contributed by atoms with E-state index >= 15 is 0 Å². The number of aryl methyl sites for hydroxylation is 1. The van der Waals surface area contributed by atoms with Crippen LogP contribution in [0.15, 0.2) is 54.6 Å². The highest BCUT2D eigenvalue weighted by molar-refractivity contribution is 5.61. The quantitative estimate of drug-likeness (QED) is 0.215. The maximum absolute atomic E-state index is 11.1. The van der Waals surface area contributed by atoms with Gasteiger partial charge in [-0.15, -0.1) is 0 Å². The van der Waals surface area contributed by atoms with Gasteiger partial charge < -0.3 is 14.7 Å². The van der Waals surface area contributed by atoms with Gasteiger partial charge in [0.05, 0.1) is 17.6 Å². The Labute approximate surface area is 224 Å². The van der Waals surface area contributed by atoms with Crippen molar-refractivity contribution >= 4 is 11.5 Å². The maximum atomic E-state index is 11.1. The lowest BCUT2D eigenvalue weighted by molar-refractivity contribution is -0.384. The van der Waals surface area contributed by atoms with Gasteiger partial charge in [0.2, 0.25) is 0 Å². The van der Waals surface area contributed by atoms with Crippen LogP contribution >= 0.6 is 0 Å². The zero-order valence-corrected chi connectivity index (χ0v) is 22.3. The lowest BCUT2D eigenvalue weighted by atomic mass is 10.0. The third-order valence-electron chi connectivity index (χ3n) is 6.85. The largest absolute Gasteiger partial charge is 0.389 e. The molecule has 0 unspecified atom stereocenters. The molecule has 38 heavy (non-hydrogen) atoms. The van der Waals surface area contributed by atoms with Crippen molar-refractivity contribution in [3.63, 3.8) is 0 Å². The molecule has 9 heteroatoms. The Bertz CT molecular complexity index is 1180. The molecule has 0 saturated carbocycles. The molecule has 3 aromatic rings. The van der Waals surface area contributed by atoms with E-state index in [2.05, 4.69) is 16.7 Å². The Morgan fingerprint density at radius 3 is 2.42 bits per heavy atom. The second kappa shape index (κ2) is 13.4. The lowest BCUT2D eigenvalue weighted by Gasteiger charge is -2.37. The van der Waals surface area contributed by atoms with Gasteiger partial charge in [-0.25, -0.2) is 9.97 Å². The molecule has 1 saturated heterocycles. The number of benzene rings is 2. The van der Waals surface area contributed by atoms with Crippen molar-refractivity contribution in [2.45, 2.75) is 39.2 Å². The fourth-order valence-corrected chi connectivity index (χ4v) is 4.66. The highest BCUT2D eigenvalue weighted by Crippen LogP contribution is 2.29. The number of piperazine rings is 1. The number of anilines is 1. The summed E-state index contributed by atoms with van der Waals surface area (Å²) >= 11 is 0. The summed E-state index contributed by atoms with van der Waals surface area (Å²) in [5.41, 5.74) is 3.94. The molecule has 1 atom stereocenters.